The lowest BCUT2D eigenvalue weighted by molar-refractivity contribution is -0.137. The third kappa shape index (κ3) is 3.68. The van der Waals surface area contributed by atoms with Crippen LogP contribution in [0.5, 0.6) is 0 Å². The number of rotatable bonds is 5. The Morgan fingerprint density at radius 1 is 1.17 bits per heavy atom. The first-order valence-electron chi connectivity index (χ1n) is 6.52. The Kier molecular flexibility index (Phi) is 5.33. The van der Waals surface area contributed by atoms with E-state index in [1.54, 1.807) is 24.3 Å². The van der Waals surface area contributed by atoms with Gasteiger partial charge in [0.25, 0.3) is 10.0 Å². The van der Waals surface area contributed by atoms with Crippen molar-refractivity contribution in [3.8, 4) is 0 Å². The number of halogens is 2. The summed E-state index contributed by atoms with van der Waals surface area (Å²) in [5, 5.41) is 9.46. The second-order valence-electron chi connectivity index (χ2n) is 4.72. The van der Waals surface area contributed by atoms with E-state index in [1.807, 2.05) is 0 Å². The number of hydrogen-bond acceptors (Lipinski definition) is 3. The molecular formula is C15H13BrClNO4S. The Morgan fingerprint density at radius 2 is 1.74 bits per heavy atom. The third-order valence-corrected chi connectivity index (χ3v) is 5.92. The number of benzene rings is 2. The van der Waals surface area contributed by atoms with Crippen LogP contribution in [0, 0.1) is 0 Å². The number of para-hydroxylation sites is 1. The van der Waals surface area contributed by atoms with Crippen molar-refractivity contribution < 1.29 is 18.3 Å². The Bertz CT molecular complexity index is 824. The summed E-state index contributed by atoms with van der Waals surface area (Å²) in [6.07, 6.45) is 0. The van der Waals surface area contributed by atoms with Crippen LogP contribution in [0.25, 0.3) is 0 Å². The zero-order chi connectivity index (χ0) is 17.2. The fourth-order valence-corrected chi connectivity index (χ4v) is 4.17. The van der Waals surface area contributed by atoms with E-state index in [2.05, 4.69) is 15.9 Å². The molecule has 0 amide bonds. The topological polar surface area (TPSA) is 74.7 Å². The van der Waals surface area contributed by atoms with Crippen molar-refractivity contribution in [2.45, 2.75) is 17.9 Å². The van der Waals surface area contributed by atoms with Crippen molar-refractivity contribution in [2.24, 2.45) is 0 Å². The molecule has 0 saturated carbocycles. The van der Waals surface area contributed by atoms with E-state index in [4.69, 9.17) is 11.6 Å². The molecule has 0 aromatic heterocycles. The molecule has 2 rings (SSSR count). The number of carboxylic acids is 1. The Labute approximate surface area is 147 Å². The van der Waals surface area contributed by atoms with Crippen LogP contribution in [-0.4, -0.2) is 25.5 Å². The summed E-state index contributed by atoms with van der Waals surface area (Å²) >= 11 is 9.31. The van der Waals surface area contributed by atoms with Gasteiger partial charge in [-0.05, 0) is 43.3 Å². The van der Waals surface area contributed by atoms with Gasteiger partial charge in [-0.1, -0.05) is 39.7 Å². The second kappa shape index (κ2) is 6.90. The Balaban J connectivity index is 2.64. The number of nitrogens with zero attached hydrogens (tertiary/aromatic N) is 1. The highest BCUT2D eigenvalue weighted by Crippen LogP contribution is 2.32. The molecule has 0 aliphatic rings. The summed E-state index contributed by atoms with van der Waals surface area (Å²) in [7, 11) is -4.09. The number of carbonyl (C=O) groups is 1. The molecule has 1 unspecified atom stereocenters. The minimum atomic E-state index is -4.09. The highest BCUT2D eigenvalue weighted by molar-refractivity contribution is 9.10. The number of carboxylic acid groups (broad SMARTS) is 1. The number of sulfonamides is 1. The molecule has 0 bridgehead atoms. The molecule has 1 atom stereocenters. The van der Waals surface area contributed by atoms with Gasteiger partial charge in [0.15, 0.2) is 0 Å². The van der Waals surface area contributed by atoms with Gasteiger partial charge in [-0.2, -0.15) is 0 Å². The van der Waals surface area contributed by atoms with Gasteiger partial charge in [-0.25, -0.2) is 13.2 Å². The van der Waals surface area contributed by atoms with E-state index in [1.165, 1.54) is 31.2 Å². The number of hydrogen-bond donors (Lipinski definition) is 1. The fraction of sp³-hybridized carbons (Fsp3) is 0.133. The van der Waals surface area contributed by atoms with Gasteiger partial charge in [0.05, 0.1) is 15.6 Å². The summed E-state index contributed by atoms with van der Waals surface area (Å²) in [5.74, 6) is -1.27. The minimum absolute atomic E-state index is 0.0197. The van der Waals surface area contributed by atoms with Crippen molar-refractivity contribution in [1.29, 1.82) is 0 Å². The van der Waals surface area contributed by atoms with Gasteiger partial charge in [-0.15, -0.1) is 0 Å². The molecule has 1 N–H and O–H groups in total. The van der Waals surface area contributed by atoms with Crippen LogP contribution in [0.4, 0.5) is 5.69 Å². The monoisotopic (exact) mass is 417 g/mol. The largest absolute Gasteiger partial charge is 0.480 e. The zero-order valence-electron chi connectivity index (χ0n) is 12.0. The maximum Gasteiger partial charge on any atom is 0.327 e. The smallest absolute Gasteiger partial charge is 0.327 e. The highest BCUT2D eigenvalue weighted by atomic mass is 79.9. The average molecular weight is 419 g/mol. The van der Waals surface area contributed by atoms with Crippen LogP contribution in [0.3, 0.4) is 0 Å². The van der Waals surface area contributed by atoms with Crippen LogP contribution in [0.2, 0.25) is 5.02 Å². The van der Waals surface area contributed by atoms with Gasteiger partial charge in [0, 0.05) is 4.47 Å². The van der Waals surface area contributed by atoms with Gasteiger partial charge in [0.2, 0.25) is 0 Å². The molecule has 0 aliphatic heterocycles. The predicted molar refractivity (Wildman–Crippen MR) is 92.4 cm³/mol. The molecule has 5 nitrogen and oxygen atoms in total. The molecule has 0 fully saturated rings. The molecule has 0 spiro atoms. The molecule has 0 aliphatic carbocycles. The van der Waals surface area contributed by atoms with Crippen molar-refractivity contribution in [2.75, 3.05) is 4.31 Å². The first-order chi connectivity index (χ1) is 10.7. The average Bonchev–Trinajstić information content (AvgIpc) is 2.49. The molecule has 0 saturated heterocycles. The molecule has 0 heterocycles. The normalized spacial score (nSPS) is 12.7. The van der Waals surface area contributed by atoms with Crippen molar-refractivity contribution in [1.82, 2.24) is 0 Å². The molecular weight excluding hydrogens is 406 g/mol. The summed E-state index contributed by atoms with van der Waals surface area (Å²) in [6, 6.07) is 10.8. The lowest BCUT2D eigenvalue weighted by atomic mass is 10.2. The summed E-state index contributed by atoms with van der Waals surface area (Å²) in [4.78, 5) is 11.4. The lowest BCUT2D eigenvalue weighted by Gasteiger charge is -2.28. The van der Waals surface area contributed by atoms with E-state index in [0.29, 0.717) is 4.47 Å². The van der Waals surface area contributed by atoms with E-state index in [0.717, 1.165) is 4.31 Å². The fourth-order valence-electron chi connectivity index (χ4n) is 2.00. The summed E-state index contributed by atoms with van der Waals surface area (Å²) in [6.45, 7) is 1.29. The van der Waals surface area contributed by atoms with Crippen molar-refractivity contribution in [3.63, 3.8) is 0 Å². The van der Waals surface area contributed by atoms with Gasteiger partial charge >= 0.3 is 5.97 Å². The lowest BCUT2D eigenvalue weighted by Crippen LogP contribution is -2.43. The summed E-state index contributed by atoms with van der Waals surface area (Å²) < 4.78 is 27.4. The van der Waals surface area contributed by atoms with Crippen LogP contribution >= 0.6 is 27.5 Å². The molecule has 0 radical (unpaired) electrons. The molecule has 2 aromatic carbocycles. The maximum absolute atomic E-state index is 12.9. The number of anilines is 1. The van der Waals surface area contributed by atoms with Crippen molar-refractivity contribution >= 4 is 49.2 Å². The van der Waals surface area contributed by atoms with Crippen molar-refractivity contribution in [3.05, 3.63) is 58.0 Å². The van der Waals surface area contributed by atoms with E-state index in [-0.39, 0.29) is 15.6 Å². The standard InChI is InChI=1S/C15H13BrClNO4S/c1-10(15(19)20)18(14-5-3-2-4-13(14)17)23(21,22)12-8-6-11(16)7-9-12/h2-10H,1H3,(H,19,20). The first kappa shape index (κ1) is 17.8. The molecule has 2 aromatic rings. The minimum Gasteiger partial charge on any atom is -0.480 e. The van der Waals surface area contributed by atoms with E-state index >= 15 is 0 Å². The van der Waals surface area contributed by atoms with Gasteiger partial charge in [-0.3, -0.25) is 4.31 Å². The van der Waals surface area contributed by atoms with E-state index in [9.17, 15) is 18.3 Å². The zero-order valence-corrected chi connectivity index (χ0v) is 15.1. The van der Waals surface area contributed by atoms with Crippen LogP contribution in [0.15, 0.2) is 57.9 Å². The second-order valence-corrected chi connectivity index (χ2v) is 7.86. The van der Waals surface area contributed by atoms with E-state index < -0.39 is 22.0 Å². The van der Waals surface area contributed by atoms with Crippen LogP contribution in [-0.2, 0) is 14.8 Å². The molecule has 23 heavy (non-hydrogen) atoms. The molecule has 122 valence electrons. The third-order valence-electron chi connectivity index (χ3n) is 3.17. The molecule has 8 heteroatoms. The first-order valence-corrected chi connectivity index (χ1v) is 9.13. The van der Waals surface area contributed by atoms with Crippen LogP contribution in [0.1, 0.15) is 6.92 Å². The summed E-state index contributed by atoms with van der Waals surface area (Å²) in [5.41, 5.74) is 0.118. The maximum atomic E-state index is 12.9. The highest BCUT2D eigenvalue weighted by Gasteiger charge is 2.34. The SMILES string of the molecule is CC(C(=O)O)N(c1ccccc1Cl)S(=O)(=O)c1ccc(Br)cc1. The van der Waals surface area contributed by atoms with Gasteiger partial charge in [0.1, 0.15) is 6.04 Å². The Hall–Kier alpha value is -1.57. The quantitative estimate of drug-likeness (QED) is 0.802. The predicted octanol–water partition coefficient (Wildman–Crippen LogP) is 3.77. The van der Waals surface area contributed by atoms with Gasteiger partial charge < -0.3 is 5.11 Å². The number of aliphatic carboxylic acids is 1. The Morgan fingerprint density at radius 3 is 2.26 bits per heavy atom. The van der Waals surface area contributed by atoms with Crippen LogP contribution < -0.4 is 4.31 Å².